The van der Waals surface area contributed by atoms with Crippen LogP contribution in [0.1, 0.15) is 32.0 Å². The molecule has 9 heteroatoms. The van der Waals surface area contributed by atoms with Gasteiger partial charge in [-0.3, -0.25) is 4.79 Å². The van der Waals surface area contributed by atoms with Gasteiger partial charge in [-0.15, -0.1) is 0 Å². The molecule has 0 bridgehead atoms. The Morgan fingerprint density at radius 2 is 2.10 bits per heavy atom. The average molecular weight is 399 g/mol. The third-order valence-electron chi connectivity index (χ3n) is 5.03. The quantitative estimate of drug-likeness (QED) is 0.675. The summed E-state index contributed by atoms with van der Waals surface area (Å²) in [6.07, 6.45) is 4.31. The predicted octanol–water partition coefficient (Wildman–Crippen LogP) is 3.67. The molecule has 1 aliphatic heterocycles. The van der Waals surface area contributed by atoms with Gasteiger partial charge in [0.15, 0.2) is 11.6 Å². The molecule has 1 aromatic carbocycles. The van der Waals surface area contributed by atoms with Crippen LogP contribution >= 0.6 is 0 Å². The van der Waals surface area contributed by atoms with Crippen molar-refractivity contribution in [2.45, 2.75) is 32.6 Å². The van der Waals surface area contributed by atoms with Crippen molar-refractivity contribution in [1.82, 2.24) is 15.3 Å². The van der Waals surface area contributed by atoms with Crippen LogP contribution in [0.25, 0.3) is 11.5 Å². The van der Waals surface area contributed by atoms with Gasteiger partial charge in [0.05, 0.1) is 5.69 Å². The van der Waals surface area contributed by atoms with Crippen molar-refractivity contribution in [3.63, 3.8) is 0 Å². The van der Waals surface area contributed by atoms with E-state index in [-0.39, 0.29) is 17.6 Å². The molecule has 0 radical (unpaired) electrons. The third kappa shape index (κ3) is 4.28. The van der Waals surface area contributed by atoms with E-state index in [2.05, 4.69) is 20.6 Å². The molecular weight excluding hydrogens is 377 g/mol. The topological polar surface area (TPSA) is 97.3 Å². The van der Waals surface area contributed by atoms with Crippen molar-refractivity contribution < 1.29 is 18.2 Å². The minimum absolute atomic E-state index is 0.0892. The standard InChI is InChI=1S/C20H22FN5O3/c1-2-3-17-23-20(29-25-17)14-4-5-16(15(21)12-14)26-9-6-13(7-10-26)19(27)22-18-8-11-28-24-18/h4-5,8,11-13H,2-3,6-7,9-10H2,1H3,(H,22,24,27). The number of carbonyl (C=O) groups is 1. The lowest BCUT2D eigenvalue weighted by molar-refractivity contribution is -0.120. The lowest BCUT2D eigenvalue weighted by atomic mass is 9.95. The summed E-state index contributed by atoms with van der Waals surface area (Å²) in [5, 5.41) is 10.3. The Balaban J connectivity index is 1.38. The van der Waals surface area contributed by atoms with E-state index in [1.54, 1.807) is 18.2 Å². The highest BCUT2D eigenvalue weighted by Gasteiger charge is 2.27. The first-order valence-corrected chi connectivity index (χ1v) is 9.72. The Hall–Kier alpha value is -3.23. The maximum absolute atomic E-state index is 14.8. The summed E-state index contributed by atoms with van der Waals surface area (Å²) >= 11 is 0. The number of aryl methyl sites for hydroxylation is 1. The zero-order valence-corrected chi connectivity index (χ0v) is 16.1. The fourth-order valence-corrected chi connectivity index (χ4v) is 3.48. The molecule has 1 amide bonds. The van der Waals surface area contributed by atoms with Crippen LogP contribution in [-0.2, 0) is 11.2 Å². The number of nitrogens with one attached hydrogen (secondary N) is 1. The molecule has 1 fully saturated rings. The molecule has 1 N–H and O–H groups in total. The fraction of sp³-hybridized carbons (Fsp3) is 0.400. The highest BCUT2D eigenvalue weighted by Crippen LogP contribution is 2.29. The summed E-state index contributed by atoms with van der Waals surface area (Å²) in [6, 6.07) is 6.52. The van der Waals surface area contributed by atoms with E-state index in [0.717, 1.165) is 12.8 Å². The van der Waals surface area contributed by atoms with Crippen LogP contribution in [0.4, 0.5) is 15.9 Å². The maximum atomic E-state index is 14.8. The van der Waals surface area contributed by atoms with Gasteiger partial charge in [0.1, 0.15) is 12.1 Å². The van der Waals surface area contributed by atoms with Crippen LogP contribution in [-0.4, -0.2) is 34.3 Å². The second-order valence-electron chi connectivity index (χ2n) is 7.07. The number of halogens is 1. The highest BCUT2D eigenvalue weighted by molar-refractivity contribution is 5.91. The number of hydrogen-bond acceptors (Lipinski definition) is 7. The number of piperidine rings is 1. The Morgan fingerprint density at radius 1 is 1.28 bits per heavy atom. The lowest BCUT2D eigenvalue weighted by Gasteiger charge is -2.33. The zero-order chi connectivity index (χ0) is 20.2. The van der Waals surface area contributed by atoms with Gasteiger partial charge in [-0.05, 0) is 37.5 Å². The van der Waals surface area contributed by atoms with Gasteiger partial charge in [0.25, 0.3) is 5.89 Å². The molecule has 0 unspecified atom stereocenters. The van der Waals surface area contributed by atoms with E-state index in [0.29, 0.717) is 54.7 Å². The molecule has 3 aromatic rings. The molecule has 4 rings (SSSR count). The van der Waals surface area contributed by atoms with Gasteiger partial charge in [0.2, 0.25) is 5.91 Å². The zero-order valence-electron chi connectivity index (χ0n) is 16.1. The molecule has 152 valence electrons. The second kappa shape index (κ2) is 8.42. The second-order valence-corrected chi connectivity index (χ2v) is 7.07. The van der Waals surface area contributed by atoms with Gasteiger partial charge in [-0.1, -0.05) is 17.2 Å². The minimum atomic E-state index is -0.344. The first-order valence-electron chi connectivity index (χ1n) is 9.72. The normalized spacial score (nSPS) is 14.9. The number of amides is 1. The van der Waals surface area contributed by atoms with E-state index in [1.807, 2.05) is 11.8 Å². The molecule has 2 aromatic heterocycles. The molecule has 29 heavy (non-hydrogen) atoms. The SMILES string of the molecule is CCCc1noc(-c2ccc(N3CCC(C(=O)Nc4ccon4)CC3)c(F)c2)n1. The number of benzene rings is 1. The number of anilines is 2. The molecule has 0 atom stereocenters. The van der Waals surface area contributed by atoms with Gasteiger partial charge < -0.3 is 19.3 Å². The Bertz CT molecular complexity index is 964. The number of rotatable bonds is 6. The first kappa shape index (κ1) is 19.1. The fourth-order valence-electron chi connectivity index (χ4n) is 3.48. The highest BCUT2D eigenvalue weighted by atomic mass is 19.1. The molecule has 1 aliphatic rings. The average Bonchev–Trinajstić information content (AvgIpc) is 3.41. The minimum Gasteiger partial charge on any atom is -0.369 e. The number of carbonyl (C=O) groups excluding carboxylic acids is 1. The van der Waals surface area contributed by atoms with E-state index >= 15 is 0 Å². The number of hydrogen-bond donors (Lipinski definition) is 1. The van der Waals surface area contributed by atoms with Crippen molar-refractivity contribution in [3.05, 3.63) is 42.2 Å². The summed E-state index contributed by atoms with van der Waals surface area (Å²) in [7, 11) is 0. The van der Waals surface area contributed by atoms with E-state index in [4.69, 9.17) is 9.05 Å². The molecular formula is C20H22FN5O3. The van der Waals surface area contributed by atoms with Gasteiger partial charge in [0, 0.05) is 37.1 Å². The molecule has 8 nitrogen and oxygen atoms in total. The molecule has 1 saturated heterocycles. The lowest BCUT2D eigenvalue weighted by Crippen LogP contribution is -2.38. The van der Waals surface area contributed by atoms with Crippen LogP contribution in [0.5, 0.6) is 0 Å². The van der Waals surface area contributed by atoms with Crippen LogP contribution < -0.4 is 10.2 Å². The van der Waals surface area contributed by atoms with E-state index in [9.17, 15) is 9.18 Å². The van der Waals surface area contributed by atoms with Crippen molar-refractivity contribution in [2.75, 3.05) is 23.3 Å². The largest absolute Gasteiger partial charge is 0.369 e. The third-order valence-corrected chi connectivity index (χ3v) is 5.03. The van der Waals surface area contributed by atoms with Crippen molar-refractivity contribution in [3.8, 4) is 11.5 Å². The summed E-state index contributed by atoms with van der Waals surface area (Å²) in [5.74, 6) is 0.778. The monoisotopic (exact) mass is 399 g/mol. The van der Waals surface area contributed by atoms with Crippen molar-refractivity contribution in [2.24, 2.45) is 5.92 Å². The molecule has 3 heterocycles. The summed E-state index contributed by atoms with van der Waals surface area (Å²) in [5.41, 5.74) is 1.07. The molecule has 0 aliphatic carbocycles. The molecule has 0 spiro atoms. The van der Waals surface area contributed by atoms with Crippen LogP contribution in [0, 0.1) is 11.7 Å². The maximum Gasteiger partial charge on any atom is 0.258 e. The number of nitrogens with zero attached hydrogens (tertiary/aromatic N) is 4. The van der Waals surface area contributed by atoms with Crippen molar-refractivity contribution in [1.29, 1.82) is 0 Å². The summed E-state index contributed by atoms with van der Waals surface area (Å²) in [4.78, 5) is 18.6. The van der Waals surface area contributed by atoms with Crippen LogP contribution in [0.2, 0.25) is 0 Å². The Kier molecular flexibility index (Phi) is 5.55. The number of aromatic nitrogens is 3. The van der Waals surface area contributed by atoms with Crippen LogP contribution in [0.3, 0.4) is 0 Å². The Morgan fingerprint density at radius 3 is 2.79 bits per heavy atom. The van der Waals surface area contributed by atoms with E-state index < -0.39 is 0 Å². The smallest absolute Gasteiger partial charge is 0.258 e. The van der Waals surface area contributed by atoms with Gasteiger partial charge in [-0.2, -0.15) is 4.98 Å². The Labute approximate surface area is 167 Å². The van der Waals surface area contributed by atoms with Crippen LogP contribution in [0.15, 0.2) is 39.6 Å². The van der Waals surface area contributed by atoms with Gasteiger partial charge >= 0.3 is 0 Å². The van der Waals surface area contributed by atoms with Crippen molar-refractivity contribution >= 4 is 17.4 Å². The van der Waals surface area contributed by atoms with E-state index in [1.165, 1.54) is 12.3 Å². The summed E-state index contributed by atoms with van der Waals surface area (Å²) in [6.45, 7) is 3.22. The predicted molar refractivity (Wildman–Crippen MR) is 104 cm³/mol. The molecule has 0 saturated carbocycles. The first-order chi connectivity index (χ1) is 14.1. The van der Waals surface area contributed by atoms with Gasteiger partial charge in [-0.25, -0.2) is 4.39 Å². The summed E-state index contributed by atoms with van der Waals surface area (Å²) < 4.78 is 24.7.